The Kier molecular flexibility index (Phi) is 8.54. The first-order valence-electron chi connectivity index (χ1n) is 12.2. The van der Waals surface area contributed by atoms with Gasteiger partial charge < -0.3 is 4.52 Å². The first-order chi connectivity index (χ1) is 19.3. The van der Waals surface area contributed by atoms with Crippen LogP contribution in [0.2, 0.25) is 0 Å². The molecule has 1 amide bonds. The number of halogens is 3. The molecule has 0 radical (unpaired) electrons. The van der Waals surface area contributed by atoms with Gasteiger partial charge >= 0.3 is 15.5 Å². The van der Waals surface area contributed by atoms with E-state index in [1.807, 2.05) is 6.92 Å². The highest BCUT2D eigenvalue weighted by molar-refractivity contribution is 7.93. The zero-order chi connectivity index (χ0) is 29.8. The molecule has 0 saturated carbocycles. The molecule has 0 aliphatic rings. The van der Waals surface area contributed by atoms with Crippen LogP contribution >= 0.6 is 0 Å². The standard InChI is InChI=1S/C27H24F3N3O6S2/c1-2-8-23-22(26(39-31-23)33-41(37,38)27(28,29)30)17-18-13-15-19(16-14-18)21-11-6-7-12-24(21)40(35,36)32-25(34)20-9-4-3-5-10-20/h3-7,9-16,33H,2,8,17H2,1H3,(H,32,34). The van der Waals surface area contributed by atoms with E-state index in [4.69, 9.17) is 4.52 Å². The molecule has 0 spiro atoms. The lowest BCUT2D eigenvalue weighted by atomic mass is 9.99. The topological polar surface area (TPSA) is 135 Å². The van der Waals surface area contributed by atoms with Crippen LogP contribution in [0.15, 0.2) is 88.3 Å². The lowest BCUT2D eigenvalue weighted by Crippen LogP contribution is -2.30. The Balaban J connectivity index is 1.61. The van der Waals surface area contributed by atoms with Crippen molar-refractivity contribution in [1.29, 1.82) is 0 Å². The van der Waals surface area contributed by atoms with Crippen molar-refractivity contribution >= 4 is 31.8 Å². The summed E-state index contributed by atoms with van der Waals surface area (Å²) in [6.45, 7) is 1.82. The molecule has 0 aliphatic heterocycles. The number of sulfonamides is 2. The summed E-state index contributed by atoms with van der Waals surface area (Å²) in [5.74, 6) is -1.41. The molecule has 0 fully saturated rings. The second-order valence-electron chi connectivity index (χ2n) is 8.91. The van der Waals surface area contributed by atoms with Gasteiger partial charge in [-0.05, 0) is 35.7 Å². The number of rotatable bonds is 10. The fraction of sp³-hybridized carbons (Fsp3) is 0.185. The van der Waals surface area contributed by atoms with Crippen LogP contribution < -0.4 is 9.44 Å². The van der Waals surface area contributed by atoms with E-state index in [1.165, 1.54) is 29.0 Å². The highest BCUT2D eigenvalue weighted by atomic mass is 32.2. The average molecular weight is 608 g/mol. The normalized spacial score (nSPS) is 12.2. The molecular formula is C27H24F3N3O6S2. The molecule has 4 aromatic rings. The van der Waals surface area contributed by atoms with E-state index in [2.05, 4.69) is 9.88 Å². The van der Waals surface area contributed by atoms with Crippen molar-refractivity contribution in [3.63, 3.8) is 0 Å². The second-order valence-corrected chi connectivity index (χ2v) is 12.2. The maximum absolute atomic E-state index is 13.1. The molecule has 3 aromatic carbocycles. The van der Waals surface area contributed by atoms with Crippen molar-refractivity contribution in [3.05, 3.63) is 101 Å². The van der Waals surface area contributed by atoms with Crippen molar-refractivity contribution in [2.45, 2.75) is 36.6 Å². The van der Waals surface area contributed by atoms with Crippen molar-refractivity contribution in [1.82, 2.24) is 9.88 Å². The number of hydrogen-bond acceptors (Lipinski definition) is 7. The number of aromatic nitrogens is 1. The summed E-state index contributed by atoms with van der Waals surface area (Å²) in [6, 6.07) is 20.4. The summed E-state index contributed by atoms with van der Waals surface area (Å²) in [4.78, 5) is 12.4. The molecule has 14 heteroatoms. The third-order valence-corrected chi connectivity index (χ3v) is 8.43. The first kappa shape index (κ1) is 29.8. The predicted octanol–water partition coefficient (Wildman–Crippen LogP) is 5.27. The zero-order valence-electron chi connectivity index (χ0n) is 21.5. The third-order valence-electron chi connectivity index (χ3n) is 5.97. The summed E-state index contributed by atoms with van der Waals surface area (Å²) in [7, 11) is -9.99. The van der Waals surface area contributed by atoms with Gasteiger partial charge in [0, 0.05) is 23.1 Å². The number of benzene rings is 3. The molecule has 0 bridgehead atoms. The van der Waals surface area contributed by atoms with Gasteiger partial charge in [-0.3, -0.25) is 4.79 Å². The third kappa shape index (κ3) is 6.77. The number of nitrogens with zero attached hydrogens (tertiary/aromatic N) is 1. The quantitative estimate of drug-likeness (QED) is 0.251. The zero-order valence-corrected chi connectivity index (χ0v) is 23.1. The molecule has 0 atom stereocenters. The number of carbonyl (C=O) groups is 1. The van der Waals surface area contributed by atoms with Gasteiger partial charge in [0.1, 0.15) is 0 Å². The largest absolute Gasteiger partial charge is 0.516 e. The van der Waals surface area contributed by atoms with Crippen molar-refractivity contribution < 1.29 is 39.3 Å². The number of amides is 1. The number of hydrogen-bond donors (Lipinski definition) is 2. The SMILES string of the molecule is CCCc1noc(NS(=O)(=O)C(F)(F)F)c1Cc1ccc(-c2ccccc2S(=O)(=O)NC(=O)c2ccccc2)cc1. The smallest absolute Gasteiger partial charge is 0.337 e. The van der Waals surface area contributed by atoms with Gasteiger partial charge in [-0.25, -0.2) is 17.9 Å². The average Bonchev–Trinajstić information content (AvgIpc) is 3.28. The molecule has 0 unspecified atom stereocenters. The number of nitrogens with one attached hydrogen (secondary N) is 2. The van der Waals surface area contributed by atoms with Crippen molar-refractivity contribution in [2.75, 3.05) is 4.72 Å². The summed E-state index contributed by atoms with van der Waals surface area (Å²) in [5, 5.41) is 3.75. The Morgan fingerprint density at radius 3 is 2.17 bits per heavy atom. The van der Waals surface area contributed by atoms with Gasteiger partial charge in [0.2, 0.25) is 5.88 Å². The van der Waals surface area contributed by atoms with Crippen LogP contribution in [0.1, 0.15) is 40.5 Å². The Morgan fingerprint density at radius 1 is 0.902 bits per heavy atom. The predicted molar refractivity (Wildman–Crippen MR) is 145 cm³/mol. The van der Waals surface area contributed by atoms with Crippen LogP contribution in [-0.4, -0.2) is 33.4 Å². The van der Waals surface area contributed by atoms with E-state index in [-0.39, 0.29) is 22.4 Å². The number of anilines is 1. The minimum absolute atomic E-state index is 0.0120. The Hall–Kier alpha value is -4.17. The van der Waals surface area contributed by atoms with E-state index < -0.39 is 37.3 Å². The van der Waals surface area contributed by atoms with Crippen LogP contribution in [0.4, 0.5) is 19.1 Å². The lowest BCUT2D eigenvalue weighted by molar-refractivity contribution is -0.0430. The summed E-state index contributed by atoms with van der Waals surface area (Å²) in [6.07, 6.45) is 0.905. The Labute approximate surface area is 234 Å². The van der Waals surface area contributed by atoms with Crippen LogP contribution in [0.25, 0.3) is 11.1 Å². The number of carbonyl (C=O) groups excluding carboxylic acids is 1. The first-order valence-corrected chi connectivity index (χ1v) is 15.2. The molecule has 2 N–H and O–H groups in total. The highest BCUT2D eigenvalue weighted by Crippen LogP contribution is 2.32. The summed E-state index contributed by atoms with van der Waals surface area (Å²) < 4.78 is 96.8. The van der Waals surface area contributed by atoms with Crippen LogP contribution in [0.5, 0.6) is 0 Å². The number of aryl methyl sites for hydroxylation is 1. The molecule has 41 heavy (non-hydrogen) atoms. The lowest BCUT2D eigenvalue weighted by Gasteiger charge is -2.13. The summed E-state index contributed by atoms with van der Waals surface area (Å²) >= 11 is 0. The van der Waals surface area contributed by atoms with Gasteiger partial charge in [-0.1, -0.05) is 79.2 Å². The van der Waals surface area contributed by atoms with Crippen molar-refractivity contribution in [3.8, 4) is 11.1 Å². The molecule has 1 aromatic heterocycles. The minimum atomic E-state index is -5.73. The van der Waals surface area contributed by atoms with Gasteiger partial charge in [0.25, 0.3) is 15.9 Å². The van der Waals surface area contributed by atoms with Gasteiger partial charge in [0.15, 0.2) is 0 Å². The maximum atomic E-state index is 13.1. The highest BCUT2D eigenvalue weighted by Gasteiger charge is 2.47. The monoisotopic (exact) mass is 607 g/mol. The fourth-order valence-electron chi connectivity index (χ4n) is 3.99. The second kappa shape index (κ2) is 11.7. The van der Waals surface area contributed by atoms with Crippen LogP contribution in [0, 0.1) is 0 Å². The minimum Gasteiger partial charge on any atom is -0.337 e. The molecule has 1 heterocycles. The molecule has 0 saturated heterocycles. The van der Waals surface area contributed by atoms with E-state index >= 15 is 0 Å². The van der Waals surface area contributed by atoms with E-state index in [9.17, 15) is 34.8 Å². The van der Waals surface area contributed by atoms with Gasteiger partial charge in [0.05, 0.1) is 10.6 Å². The van der Waals surface area contributed by atoms with Crippen LogP contribution in [-0.2, 0) is 32.9 Å². The molecular weight excluding hydrogens is 583 g/mol. The molecule has 0 aliphatic carbocycles. The van der Waals surface area contributed by atoms with E-state index in [0.29, 0.717) is 35.2 Å². The van der Waals surface area contributed by atoms with E-state index in [1.54, 1.807) is 54.6 Å². The Bertz CT molecular complexity index is 1750. The Morgan fingerprint density at radius 2 is 1.54 bits per heavy atom. The summed E-state index contributed by atoms with van der Waals surface area (Å²) in [5.41, 5.74) is -3.55. The fourth-order valence-corrected chi connectivity index (χ4v) is 5.71. The van der Waals surface area contributed by atoms with E-state index in [0.717, 1.165) is 0 Å². The molecule has 216 valence electrons. The van der Waals surface area contributed by atoms with Crippen LogP contribution in [0.3, 0.4) is 0 Å². The molecule has 9 nitrogen and oxygen atoms in total. The van der Waals surface area contributed by atoms with Gasteiger partial charge in [-0.15, -0.1) is 0 Å². The van der Waals surface area contributed by atoms with Crippen molar-refractivity contribution in [2.24, 2.45) is 0 Å². The maximum Gasteiger partial charge on any atom is 0.516 e. The number of alkyl halides is 3. The molecule has 4 rings (SSSR count). The van der Waals surface area contributed by atoms with Gasteiger partial charge in [-0.2, -0.15) is 21.6 Å².